The molecule has 1 N–H and O–H groups in total. The normalized spacial score (nSPS) is 11.6. The van der Waals surface area contributed by atoms with Gasteiger partial charge < -0.3 is 5.32 Å². The van der Waals surface area contributed by atoms with Crippen LogP contribution in [0.2, 0.25) is 0 Å². The van der Waals surface area contributed by atoms with Crippen LogP contribution < -0.4 is 5.32 Å². The molecule has 0 aliphatic rings. The van der Waals surface area contributed by atoms with Gasteiger partial charge in [-0.3, -0.25) is 9.48 Å². The Morgan fingerprint density at radius 2 is 1.81 bits per heavy atom. The number of hydrogen-bond acceptors (Lipinski definition) is 4. The second-order valence-electron chi connectivity index (χ2n) is 6.98. The molecule has 2 heterocycles. The summed E-state index contributed by atoms with van der Waals surface area (Å²) in [6.45, 7) is 1.71. The molecule has 0 atom stereocenters. The third-order valence-electron chi connectivity index (χ3n) is 4.70. The Balaban J connectivity index is 1.57. The fourth-order valence-electron chi connectivity index (χ4n) is 3.16. The van der Waals surface area contributed by atoms with Crippen molar-refractivity contribution in [1.29, 1.82) is 0 Å². The molecule has 4 rings (SSSR count). The lowest BCUT2D eigenvalue weighted by Crippen LogP contribution is -2.11. The molecule has 0 radical (unpaired) electrons. The highest BCUT2D eigenvalue weighted by atomic mass is 32.1. The molecule has 0 aliphatic heterocycles. The Morgan fingerprint density at radius 1 is 1.09 bits per heavy atom. The smallest absolute Gasteiger partial charge is 0.321 e. The summed E-state index contributed by atoms with van der Waals surface area (Å²) in [5.74, 6) is -1.24. The number of hydrogen-bond donors (Lipinski definition) is 1. The number of aryl methyl sites for hydroxylation is 2. The number of anilines is 1. The maximum Gasteiger partial charge on any atom is 0.435 e. The van der Waals surface area contributed by atoms with E-state index in [9.17, 15) is 22.4 Å². The van der Waals surface area contributed by atoms with Crippen LogP contribution >= 0.6 is 11.3 Å². The van der Waals surface area contributed by atoms with E-state index in [-0.39, 0.29) is 16.9 Å². The van der Waals surface area contributed by atoms with Crippen LogP contribution in [0.25, 0.3) is 21.8 Å². The summed E-state index contributed by atoms with van der Waals surface area (Å²) in [5.41, 5.74) is 0.389. The maximum atomic E-state index is 14.7. The first kappa shape index (κ1) is 21.7. The number of alkyl halides is 3. The number of aromatic nitrogens is 3. The molecule has 2 aromatic carbocycles. The summed E-state index contributed by atoms with van der Waals surface area (Å²) in [6.07, 6.45) is -4.63. The Kier molecular flexibility index (Phi) is 5.55. The predicted molar refractivity (Wildman–Crippen MR) is 114 cm³/mol. The molecular formula is C22H16F4N4OS. The Labute approximate surface area is 184 Å². The number of nitrogens with one attached hydrogen (secondary N) is 1. The van der Waals surface area contributed by atoms with Crippen molar-refractivity contribution in [3.05, 3.63) is 76.7 Å². The standard InChI is InChI=1S/C22H16F4N4OS/c1-12-19(32-21(27-12)13-6-4-3-5-7-13)20(31)28-14-8-9-15(16(23)10-14)17-11-18(22(24,25)26)29-30(17)2/h3-11H,1-2H3,(H,28,31). The van der Waals surface area contributed by atoms with Crippen LogP contribution in [0.3, 0.4) is 0 Å². The fourth-order valence-corrected chi connectivity index (χ4v) is 4.12. The number of halogens is 4. The van der Waals surface area contributed by atoms with Gasteiger partial charge in [0.05, 0.1) is 11.4 Å². The lowest BCUT2D eigenvalue weighted by atomic mass is 10.1. The second-order valence-corrected chi connectivity index (χ2v) is 7.98. The lowest BCUT2D eigenvalue weighted by molar-refractivity contribution is -0.141. The van der Waals surface area contributed by atoms with Crippen LogP contribution in [0, 0.1) is 12.7 Å². The van der Waals surface area contributed by atoms with E-state index in [1.165, 1.54) is 30.5 Å². The SMILES string of the molecule is Cc1nc(-c2ccccc2)sc1C(=O)Nc1ccc(-c2cc(C(F)(F)F)nn2C)c(F)c1. The highest BCUT2D eigenvalue weighted by Crippen LogP contribution is 2.33. The molecule has 0 spiro atoms. The van der Waals surface area contributed by atoms with Gasteiger partial charge in [0, 0.05) is 23.9 Å². The zero-order chi connectivity index (χ0) is 23.0. The largest absolute Gasteiger partial charge is 0.435 e. The minimum absolute atomic E-state index is 0.0292. The predicted octanol–water partition coefficient (Wildman–Crippen LogP) is 5.93. The monoisotopic (exact) mass is 460 g/mol. The minimum Gasteiger partial charge on any atom is -0.321 e. The molecule has 1 amide bonds. The van der Waals surface area contributed by atoms with Gasteiger partial charge >= 0.3 is 6.18 Å². The third-order valence-corrected chi connectivity index (χ3v) is 5.90. The molecule has 32 heavy (non-hydrogen) atoms. The van der Waals surface area contributed by atoms with Gasteiger partial charge in [0.25, 0.3) is 5.91 Å². The van der Waals surface area contributed by atoms with Crippen molar-refractivity contribution in [2.45, 2.75) is 13.1 Å². The van der Waals surface area contributed by atoms with Crippen molar-refractivity contribution in [2.75, 3.05) is 5.32 Å². The van der Waals surface area contributed by atoms with Gasteiger partial charge in [-0.05, 0) is 31.2 Å². The topological polar surface area (TPSA) is 59.8 Å². The summed E-state index contributed by atoms with van der Waals surface area (Å²) in [4.78, 5) is 17.5. The molecular weight excluding hydrogens is 444 g/mol. The maximum absolute atomic E-state index is 14.7. The second kappa shape index (κ2) is 8.19. The van der Waals surface area contributed by atoms with E-state index >= 15 is 0 Å². The van der Waals surface area contributed by atoms with Gasteiger partial charge in [0.2, 0.25) is 0 Å². The molecule has 0 bridgehead atoms. The van der Waals surface area contributed by atoms with Gasteiger partial charge in [-0.2, -0.15) is 18.3 Å². The van der Waals surface area contributed by atoms with Gasteiger partial charge in [-0.15, -0.1) is 11.3 Å². The quantitative estimate of drug-likeness (QED) is 0.384. The van der Waals surface area contributed by atoms with E-state index < -0.39 is 23.6 Å². The van der Waals surface area contributed by atoms with Crippen LogP contribution in [0.4, 0.5) is 23.2 Å². The first-order valence-corrected chi connectivity index (χ1v) is 10.2. The van der Waals surface area contributed by atoms with Crippen molar-refractivity contribution in [3.63, 3.8) is 0 Å². The third kappa shape index (κ3) is 4.26. The summed E-state index contributed by atoms with van der Waals surface area (Å²) in [6, 6.07) is 14.0. The Hall–Kier alpha value is -3.53. The Morgan fingerprint density at radius 3 is 2.44 bits per heavy atom. The number of thiazole rings is 1. The van der Waals surface area contributed by atoms with E-state index in [0.29, 0.717) is 15.6 Å². The molecule has 0 saturated heterocycles. The van der Waals surface area contributed by atoms with Crippen molar-refractivity contribution < 1.29 is 22.4 Å². The number of nitrogens with zero attached hydrogens (tertiary/aromatic N) is 3. The highest BCUT2D eigenvalue weighted by molar-refractivity contribution is 7.17. The molecule has 0 saturated carbocycles. The molecule has 164 valence electrons. The van der Waals surface area contributed by atoms with E-state index in [1.807, 2.05) is 30.3 Å². The molecule has 2 aromatic heterocycles. The van der Waals surface area contributed by atoms with Crippen molar-refractivity contribution >= 4 is 22.9 Å². The number of carbonyl (C=O) groups is 1. The molecule has 5 nitrogen and oxygen atoms in total. The number of carbonyl (C=O) groups excluding carboxylic acids is 1. The summed E-state index contributed by atoms with van der Waals surface area (Å²) in [7, 11) is 1.30. The lowest BCUT2D eigenvalue weighted by Gasteiger charge is -2.08. The first-order valence-electron chi connectivity index (χ1n) is 9.39. The van der Waals surface area contributed by atoms with Crippen LogP contribution in [-0.4, -0.2) is 20.7 Å². The summed E-state index contributed by atoms with van der Waals surface area (Å²) < 4.78 is 54.3. The van der Waals surface area contributed by atoms with E-state index in [2.05, 4.69) is 15.4 Å². The molecule has 0 aliphatic carbocycles. The van der Waals surface area contributed by atoms with Crippen molar-refractivity contribution in [2.24, 2.45) is 7.05 Å². The zero-order valence-corrected chi connectivity index (χ0v) is 17.7. The van der Waals surface area contributed by atoms with E-state index in [0.717, 1.165) is 22.4 Å². The highest BCUT2D eigenvalue weighted by Gasteiger charge is 2.35. The minimum atomic E-state index is -4.63. The number of amides is 1. The average Bonchev–Trinajstić information content (AvgIpc) is 3.32. The molecule has 0 unspecified atom stereocenters. The molecule has 10 heteroatoms. The van der Waals surface area contributed by atoms with E-state index in [4.69, 9.17) is 0 Å². The van der Waals surface area contributed by atoms with Crippen molar-refractivity contribution in [1.82, 2.24) is 14.8 Å². The number of benzene rings is 2. The van der Waals surface area contributed by atoms with Gasteiger partial charge in [-0.1, -0.05) is 30.3 Å². The van der Waals surface area contributed by atoms with Crippen LogP contribution in [0.15, 0.2) is 54.6 Å². The van der Waals surface area contributed by atoms with Gasteiger partial charge in [0.15, 0.2) is 5.69 Å². The van der Waals surface area contributed by atoms with Gasteiger partial charge in [0.1, 0.15) is 15.7 Å². The summed E-state index contributed by atoms with van der Waals surface area (Å²) in [5, 5.41) is 6.70. The van der Waals surface area contributed by atoms with Crippen LogP contribution in [0.5, 0.6) is 0 Å². The van der Waals surface area contributed by atoms with E-state index in [1.54, 1.807) is 6.92 Å². The fraction of sp³-hybridized carbons (Fsp3) is 0.136. The van der Waals surface area contributed by atoms with Crippen molar-refractivity contribution in [3.8, 4) is 21.8 Å². The van der Waals surface area contributed by atoms with Crippen LogP contribution in [0.1, 0.15) is 21.1 Å². The molecule has 0 fully saturated rings. The van der Waals surface area contributed by atoms with Gasteiger partial charge in [-0.25, -0.2) is 9.37 Å². The number of rotatable bonds is 4. The van der Waals surface area contributed by atoms with Crippen LogP contribution in [-0.2, 0) is 13.2 Å². The average molecular weight is 460 g/mol. The molecule has 4 aromatic rings. The Bertz CT molecular complexity index is 1300. The first-order chi connectivity index (χ1) is 15.1. The zero-order valence-electron chi connectivity index (χ0n) is 16.9. The summed E-state index contributed by atoms with van der Waals surface area (Å²) >= 11 is 1.22.